The molecular weight excluding hydrogens is 496 g/mol. The van der Waals surface area contributed by atoms with Crippen LogP contribution in [0.2, 0.25) is 5.02 Å². The van der Waals surface area contributed by atoms with Crippen molar-refractivity contribution in [1.29, 1.82) is 0 Å². The lowest BCUT2D eigenvalue weighted by molar-refractivity contribution is -0.120. The Morgan fingerprint density at radius 3 is 2.59 bits per heavy atom. The highest BCUT2D eigenvalue weighted by Crippen LogP contribution is 2.38. The number of nitrogens with zero attached hydrogens (tertiary/aromatic N) is 3. The first-order valence-corrected chi connectivity index (χ1v) is 13.9. The summed E-state index contributed by atoms with van der Waals surface area (Å²) in [5, 5.41) is 4.34. The topological polar surface area (TPSA) is 91.8 Å². The van der Waals surface area contributed by atoms with Gasteiger partial charge in [0, 0.05) is 45.7 Å². The summed E-state index contributed by atoms with van der Waals surface area (Å²) >= 11 is 7.84. The SMILES string of the molecule is COc1c(Cl)ccc2sc(N3CCN(CCNC(=O)CCS(=O)(=O)c4ccccc4)CC3)nc12. The summed E-state index contributed by atoms with van der Waals surface area (Å²) in [7, 11) is -1.85. The van der Waals surface area contributed by atoms with Crippen LogP contribution < -0.4 is 15.0 Å². The standard InChI is InChI=1S/C23H27ClN4O4S2/c1-32-22-18(24)7-8-19-21(22)26-23(33-19)28-14-12-27(13-15-28)11-10-25-20(29)9-16-34(30,31)17-5-3-2-4-6-17/h2-8H,9-16H2,1H3,(H,25,29). The lowest BCUT2D eigenvalue weighted by atomic mass is 10.3. The maximum atomic E-state index is 12.3. The molecule has 1 fully saturated rings. The third-order valence-electron chi connectivity index (χ3n) is 5.75. The number of hydrogen-bond donors (Lipinski definition) is 1. The molecule has 1 aromatic heterocycles. The Kier molecular flexibility index (Phi) is 7.92. The van der Waals surface area contributed by atoms with Gasteiger partial charge in [-0.3, -0.25) is 9.69 Å². The van der Waals surface area contributed by atoms with Crippen LogP contribution in [-0.4, -0.2) is 76.3 Å². The molecule has 8 nitrogen and oxygen atoms in total. The maximum absolute atomic E-state index is 12.3. The zero-order valence-electron chi connectivity index (χ0n) is 18.9. The Bertz CT molecular complexity index is 1240. The number of aromatic nitrogens is 1. The summed E-state index contributed by atoms with van der Waals surface area (Å²) < 4.78 is 31.1. The first-order chi connectivity index (χ1) is 16.4. The number of hydrogen-bond acceptors (Lipinski definition) is 8. The van der Waals surface area contributed by atoms with Crippen LogP contribution in [0.25, 0.3) is 10.2 Å². The molecule has 34 heavy (non-hydrogen) atoms. The molecule has 0 saturated carbocycles. The fourth-order valence-corrected chi connectivity index (χ4v) is 6.35. The monoisotopic (exact) mass is 522 g/mol. The molecule has 1 amide bonds. The van der Waals surface area contributed by atoms with Gasteiger partial charge in [0.2, 0.25) is 5.91 Å². The average Bonchev–Trinajstić information content (AvgIpc) is 3.28. The van der Waals surface area contributed by atoms with Crippen molar-refractivity contribution in [2.75, 3.05) is 57.0 Å². The van der Waals surface area contributed by atoms with Gasteiger partial charge in [-0.2, -0.15) is 0 Å². The number of anilines is 1. The van der Waals surface area contributed by atoms with E-state index in [4.69, 9.17) is 21.3 Å². The second-order valence-corrected chi connectivity index (χ2v) is 11.5. The Balaban J connectivity index is 1.21. The zero-order valence-corrected chi connectivity index (χ0v) is 21.3. The number of halogens is 1. The summed E-state index contributed by atoms with van der Waals surface area (Å²) in [4.78, 5) is 21.7. The number of piperazine rings is 1. The van der Waals surface area contributed by atoms with Crippen LogP contribution in [0.4, 0.5) is 5.13 Å². The van der Waals surface area contributed by atoms with E-state index in [1.165, 1.54) is 0 Å². The van der Waals surface area contributed by atoms with E-state index in [1.807, 2.05) is 12.1 Å². The molecule has 2 heterocycles. The molecule has 1 saturated heterocycles. The molecule has 0 radical (unpaired) electrons. The molecule has 2 aromatic carbocycles. The molecular formula is C23H27ClN4O4S2. The van der Waals surface area contributed by atoms with Crippen LogP contribution in [-0.2, 0) is 14.6 Å². The largest absolute Gasteiger partial charge is 0.493 e. The number of amides is 1. The number of fused-ring (bicyclic) bond motifs is 1. The van der Waals surface area contributed by atoms with Crippen molar-refractivity contribution in [2.24, 2.45) is 0 Å². The van der Waals surface area contributed by atoms with Crippen LogP contribution in [0.5, 0.6) is 5.75 Å². The second kappa shape index (κ2) is 10.9. The Morgan fingerprint density at radius 1 is 1.15 bits per heavy atom. The lowest BCUT2D eigenvalue weighted by Gasteiger charge is -2.34. The maximum Gasteiger partial charge on any atom is 0.221 e. The number of sulfone groups is 1. The van der Waals surface area contributed by atoms with Crippen LogP contribution in [0.1, 0.15) is 6.42 Å². The van der Waals surface area contributed by atoms with Gasteiger partial charge in [-0.05, 0) is 24.3 Å². The Morgan fingerprint density at radius 2 is 1.88 bits per heavy atom. The van der Waals surface area contributed by atoms with Crippen molar-refractivity contribution < 1.29 is 17.9 Å². The van der Waals surface area contributed by atoms with E-state index in [0.29, 0.717) is 23.9 Å². The van der Waals surface area contributed by atoms with Crippen molar-refractivity contribution in [2.45, 2.75) is 11.3 Å². The summed E-state index contributed by atoms with van der Waals surface area (Å²) in [6.07, 6.45) is -0.0455. The van der Waals surface area contributed by atoms with Gasteiger partial charge in [0.1, 0.15) is 5.52 Å². The molecule has 11 heteroatoms. The molecule has 0 unspecified atom stereocenters. The van der Waals surface area contributed by atoms with Gasteiger partial charge in [-0.25, -0.2) is 13.4 Å². The number of benzene rings is 2. The Hall–Kier alpha value is -2.40. The molecule has 3 aromatic rings. The number of thiazole rings is 1. The summed E-state index contributed by atoms with van der Waals surface area (Å²) in [5.74, 6) is 0.160. The number of ether oxygens (including phenoxy) is 1. The lowest BCUT2D eigenvalue weighted by Crippen LogP contribution is -2.48. The van der Waals surface area contributed by atoms with E-state index in [9.17, 15) is 13.2 Å². The van der Waals surface area contributed by atoms with Gasteiger partial charge in [0.25, 0.3) is 0 Å². The molecule has 1 N–H and O–H groups in total. The highest BCUT2D eigenvalue weighted by atomic mass is 35.5. The minimum Gasteiger partial charge on any atom is -0.493 e. The second-order valence-electron chi connectivity index (χ2n) is 7.98. The van der Waals surface area contributed by atoms with Crippen LogP contribution >= 0.6 is 22.9 Å². The summed E-state index contributed by atoms with van der Waals surface area (Å²) in [6, 6.07) is 12.0. The number of nitrogens with one attached hydrogen (secondary N) is 1. The zero-order chi connectivity index (χ0) is 24.1. The van der Waals surface area contributed by atoms with Crippen LogP contribution in [0, 0.1) is 0 Å². The van der Waals surface area contributed by atoms with E-state index >= 15 is 0 Å². The van der Waals surface area contributed by atoms with Crippen LogP contribution in [0.3, 0.4) is 0 Å². The first kappa shape index (κ1) is 24.7. The highest BCUT2D eigenvalue weighted by molar-refractivity contribution is 7.91. The summed E-state index contributed by atoms with van der Waals surface area (Å²) in [6.45, 7) is 4.58. The normalized spacial score (nSPS) is 14.9. The molecule has 182 valence electrons. The number of carbonyl (C=O) groups excluding carboxylic acids is 1. The van der Waals surface area contributed by atoms with Gasteiger partial charge in [0.05, 0.1) is 27.5 Å². The highest BCUT2D eigenvalue weighted by Gasteiger charge is 2.22. The van der Waals surface area contributed by atoms with E-state index < -0.39 is 9.84 Å². The summed E-state index contributed by atoms with van der Waals surface area (Å²) in [5.41, 5.74) is 0.787. The van der Waals surface area contributed by atoms with Crippen molar-refractivity contribution in [3.63, 3.8) is 0 Å². The first-order valence-electron chi connectivity index (χ1n) is 11.0. The molecule has 4 rings (SSSR count). The number of rotatable bonds is 9. The van der Waals surface area contributed by atoms with Gasteiger partial charge in [-0.15, -0.1) is 0 Å². The minimum atomic E-state index is -3.45. The third kappa shape index (κ3) is 5.80. The smallest absolute Gasteiger partial charge is 0.221 e. The van der Waals surface area contributed by atoms with Crippen molar-refractivity contribution in [3.05, 3.63) is 47.5 Å². The minimum absolute atomic E-state index is 0.0455. The predicted octanol–water partition coefficient (Wildman–Crippen LogP) is 3.06. The molecule has 1 aliphatic rings. The van der Waals surface area contributed by atoms with E-state index in [2.05, 4.69) is 15.1 Å². The van der Waals surface area contributed by atoms with Gasteiger partial charge >= 0.3 is 0 Å². The fraction of sp³-hybridized carbons (Fsp3) is 0.391. The molecule has 1 aliphatic heterocycles. The molecule has 0 atom stereocenters. The fourth-order valence-electron chi connectivity index (χ4n) is 3.84. The van der Waals surface area contributed by atoms with Crippen molar-refractivity contribution in [3.8, 4) is 5.75 Å². The third-order valence-corrected chi connectivity index (χ3v) is 8.86. The van der Waals surface area contributed by atoms with E-state index in [1.54, 1.807) is 48.8 Å². The van der Waals surface area contributed by atoms with Gasteiger partial charge in [-0.1, -0.05) is 41.1 Å². The van der Waals surface area contributed by atoms with Gasteiger partial charge in [0.15, 0.2) is 20.7 Å². The number of methoxy groups -OCH3 is 1. The van der Waals surface area contributed by atoms with E-state index in [-0.39, 0.29) is 23.0 Å². The number of carbonyl (C=O) groups is 1. The van der Waals surface area contributed by atoms with E-state index in [0.717, 1.165) is 41.5 Å². The Labute approximate surface area is 208 Å². The molecule has 0 spiro atoms. The average molecular weight is 523 g/mol. The quantitative estimate of drug-likeness (QED) is 0.461. The van der Waals surface area contributed by atoms with Crippen LogP contribution in [0.15, 0.2) is 47.4 Å². The van der Waals surface area contributed by atoms with Crippen molar-refractivity contribution in [1.82, 2.24) is 15.2 Å². The predicted molar refractivity (Wildman–Crippen MR) is 136 cm³/mol. The molecule has 0 bridgehead atoms. The van der Waals surface area contributed by atoms with Crippen molar-refractivity contribution >= 4 is 54.0 Å². The molecule has 0 aliphatic carbocycles. The van der Waals surface area contributed by atoms with Gasteiger partial charge < -0.3 is 15.0 Å².